The Morgan fingerprint density at radius 3 is 2.67 bits per heavy atom. The summed E-state index contributed by atoms with van der Waals surface area (Å²) in [5, 5.41) is 9.66. The summed E-state index contributed by atoms with van der Waals surface area (Å²) < 4.78 is 0. The van der Waals surface area contributed by atoms with Crippen molar-refractivity contribution in [3.63, 3.8) is 0 Å². The van der Waals surface area contributed by atoms with Gasteiger partial charge in [0.2, 0.25) is 0 Å². The summed E-state index contributed by atoms with van der Waals surface area (Å²) in [5.74, 6) is 0.712. The van der Waals surface area contributed by atoms with E-state index in [2.05, 4.69) is 25.7 Å². The first-order valence-corrected chi connectivity index (χ1v) is 8.78. The molecule has 0 spiro atoms. The summed E-state index contributed by atoms with van der Waals surface area (Å²) in [7, 11) is 0. The zero-order chi connectivity index (χ0) is 15.4. The predicted molar refractivity (Wildman–Crippen MR) is 89.6 cm³/mol. The third-order valence-electron chi connectivity index (χ3n) is 3.76. The van der Waals surface area contributed by atoms with Crippen LogP contribution < -0.4 is 4.90 Å². The summed E-state index contributed by atoms with van der Waals surface area (Å²) >= 11 is 1.61. The molecular weight excluding hydrogens is 282 g/mol. The highest BCUT2D eigenvalue weighted by atomic mass is 32.2. The molecule has 4 heteroatoms. The van der Waals surface area contributed by atoms with Gasteiger partial charge in [-0.15, -0.1) is 11.8 Å². The van der Waals surface area contributed by atoms with Crippen molar-refractivity contribution in [1.82, 2.24) is 0 Å². The average molecular weight is 307 g/mol. The fraction of sp³-hybridized carbons (Fsp3) is 0.588. The van der Waals surface area contributed by atoms with E-state index < -0.39 is 5.97 Å². The maximum absolute atomic E-state index is 11.8. The highest BCUT2D eigenvalue weighted by Gasteiger charge is 2.32. The molecule has 0 atom stereocenters. The quantitative estimate of drug-likeness (QED) is 0.717. The Balaban J connectivity index is 2.34. The number of rotatable bonds is 8. The molecule has 116 valence electrons. The van der Waals surface area contributed by atoms with E-state index in [1.54, 1.807) is 11.8 Å². The molecule has 0 aromatic heterocycles. The van der Waals surface area contributed by atoms with E-state index in [-0.39, 0.29) is 0 Å². The maximum Gasteiger partial charge on any atom is 0.338 e. The molecule has 0 amide bonds. The zero-order valence-corrected chi connectivity index (χ0v) is 13.9. The monoisotopic (exact) mass is 307 g/mol. The molecule has 1 saturated carbocycles. The Bertz CT molecular complexity index is 498. The molecule has 1 aliphatic carbocycles. The number of nitrogens with zero attached hydrogens (tertiary/aromatic N) is 1. The van der Waals surface area contributed by atoms with Crippen LogP contribution in [0.2, 0.25) is 0 Å². The Morgan fingerprint density at radius 1 is 1.43 bits per heavy atom. The molecule has 0 aliphatic heterocycles. The van der Waals surface area contributed by atoms with Gasteiger partial charge in [0, 0.05) is 17.5 Å². The summed E-state index contributed by atoms with van der Waals surface area (Å²) in [6.07, 6.45) is 3.46. The second-order valence-electron chi connectivity index (χ2n) is 6.00. The van der Waals surface area contributed by atoms with Crippen molar-refractivity contribution in [2.75, 3.05) is 17.2 Å². The first-order chi connectivity index (χ1) is 10.0. The summed E-state index contributed by atoms with van der Waals surface area (Å²) in [4.78, 5) is 15.0. The van der Waals surface area contributed by atoms with E-state index >= 15 is 0 Å². The number of carboxylic acid groups (broad SMARTS) is 1. The highest BCUT2D eigenvalue weighted by Crippen LogP contribution is 2.37. The minimum absolute atomic E-state index is 0.486. The van der Waals surface area contributed by atoms with Crippen LogP contribution in [0.5, 0.6) is 0 Å². The summed E-state index contributed by atoms with van der Waals surface area (Å²) in [6.45, 7) is 7.43. The number of hydrogen-bond acceptors (Lipinski definition) is 3. The van der Waals surface area contributed by atoms with Crippen LogP contribution in [0, 0.1) is 5.92 Å². The largest absolute Gasteiger partial charge is 0.478 e. The van der Waals surface area contributed by atoms with Gasteiger partial charge in [0.1, 0.15) is 0 Å². The number of carbonyl (C=O) groups is 1. The molecule has 3 nitrogen and oxygen atoms in total. The zero-order valence-electron chi connectivity index (χ0n) is 13.1. The first-order valence-electron chi connectivity index (χ1n) is 7.80. The van der Waals surface area contributed by atoms with E-state index in [4.69, 9.17) is 0 Å². The smallest absolute Gasteiger partial charge is 0.338 e. The Labute approximate surface area is 131 Å². The molecule has 0 unspecified atom stereocenters. The highest BCUT2D eigenvalue weighted by molar-refractivity contribution is 7.99. The Morgan fingerprint density at radius 2 is 2.14 bits per heavy atom. The van der Waals surface area contributed by atoms with E-state index in [9.17, 15) is 9.90 Å². The molecule has 0 saturated heterocycles. The SMILES string of the molecule is CCSc1cccc(N(CCC(C)C)C2CC2)c1C(=O)O. The summed E-state index contributed by atoms with van der Waals surface area (Å²) in [6, 6.07) is 6.42. The van der Waals surface area contributed by atoms with Crippen molar-refractivity contribution in [3.05, 3.63) is 23.8 Å². The van der Waals surface area contributed by atoms with Gasteiger partial charge in [0.15, 0.2) is 0 Å². The molecule has 1 N–H and O–H groups in total. The van der Waals surface area contributed by atoms with Gasteiger partial charge in [-0.3, -0.25) is 0 Å². The van der Waals surface area contributed by atoms with Gasteiger partial charge in [-0.1, -0.05) is 26.8 Å². The molecular formula is C17H25NO2S. The van der Waals surface area contributed by atoms with Gasteiger partial charge < -0.3 is 10.0 Å². The molecule has 1 aromatic rings. The fourth-order valence-electron chi connectivity index (χ4n) is 2.53. The number of hydrogen-bond donors (Lipinski definition) is 1. The second kappa shape index (κ2) is 7.21. The Kier molecular flexibility index (Phi) is 5.57. The Hall–Kier alpha value is -1.16. The molecule has 1 aliphatic rings. The van der Waals surface area contributed by atoms with Gasteiger partial charge in [-0.05, 0) is 43.1 Å². The maximum atomic E-state index is 11.8. The number of thioether (sulfide) groups is 1. The number of aromatic carboxylic acids is 1. The minimum Gasteiger partial charge on any atom is -0.478 e. The van der Waals surface area contributed by atoms with E-state index in [1.807, 2.05) is 18.2 Å². The molecule has 21 heavy (non-hydrogen) atoms. The lowest BCUT2D eigenvalue weighted by atomic mass is 10.1. The van der Waals surface area contributed by atoms with Crippen molar-refractivity contribution >= 4 is 23.4 Å². The molecule has 0 bridgehead atoms. The summed E-state index contributed by atoms with van der Waals surface area (Å²) in [5.41, 5.74) is 1.39. The molecule has 1 fully saturated rings. The molecule has 0 radical (unpaired) electrons. The van der Waals surface area contributed by atoms with Crippen molar-refractivity contribution in [2.45, 2.75) is 51.0 Å². The molecule has 2 rings (SSSR count). The van der Waals surface area contributed by atoms with Crippen molar-refractivity contribution < 1.29 is 9.90 Å². The minimum atomic E-state index is -0.809. The second-order valence-corrected chi connectivity index (χ2v) is 7.30. The van der Waals surface area contributed by atoms with Crippen molar-refractivity contribution in [3.8, 4) is 0 Å². The molecule has 0 heterocycles. The van der Waals surface area contributed by atoms with Crippen LogP contribution in [0.25, 0.3) is 0 Å². The van der Waals surface area contributed by atoms with Crippen LogP contribution in [0.1, 0.15) is 50.4 Å². The van der Waals surface area contributed by atoms with E-state index in [0.29, 0.717) is 17.5 Å². The van der Waals surface area contributed by atoms with E-state index in [1.165, 1.54) is 12.8 Å². The van der Waals surface area contributed by atoms with Gasteiger partial charge in [-0.25, -0.2) is 4.79 Å². The van der Waals surface area contributed by atoms with Crippen molar-refractivity contribution in [2.24, 2.45) is 5.92 Å². The lowest BCUT2D eigenvalue weighted by Crippen LogP contribution is -2.29. The first kappa shape index (κ1) is 16.2. The van der Waals surface area contributed by atoms with Gasteiger partial charge in [0.25, 0.3) is 0 Å². The van der Waals surface area contributed by atoms with Crippen molar-refractivity contribution in [1.29, 1.82) is 0 Å². The van der Waals surface area contributed by atoms with Gasteiger partial charge >= 0.3 is 5.97 Å². The number of anilines is 1. The fourth-order valence-corrected chi connectivity index (χ4v) is 3.35. The topological polar surface area (TPSA) is 40.5 Å². The van der Waals surface area contributed by atoms with Crippen LogP contribution >= 0.6 is 11.8 Å². The lowest BCUT2D eigenvalue weighted by Gasteiger charge is -2.28. The average Bonchev–Trinajstić information content (AvgIpc) is 3.23. The van der Waals surface area contributed by atoms with Crippen LogP contribution in [-0.2, 0) is 0 Å². The lowest BCUT2D eigenvalue weighted by molar-refractivity contribution is 0.0694. The number of carboxylic acids is 1. The van der Waals surface area contributed by atoms with Crippen LogP contribution in [-0.4, -0.2) is 29.4 Å². The molecule has 1 aromatic carbocycles. The van der Waals surface area contributed by atoms with Gasteiger partial charge in [-0.2, -0.15) is 0 Å². The van der Waals surface area contributed by atoms with Crippen LogP contribution in [0.4, 0.5) is 5.69 Å². The van der Waals surface area contributed by atoms with Crippen LogP contribution in [0.3, 0.4) is 0 Å². The third kappa shape index (κ3) is 4.16. The van der Waals surface area contributed by atoms with Crippen LogP contribution in [0.15, 0.2) is 23.1 Å². The third-order valence-corrected chi connectivity index (χ3v) is 4.70. The standard InChI is InChI=1S/C17H25NO2S/c1-4-21-15-7-5-6-14(16(15)17(19)20)18(13-8-9-13)11-10-12(2)3/h5-7,12-13H,4,8-11H2,1-3H3,(H,19,20). The van der Waals surface area contributed by atoms with Gasteiger partial charge in [0.05, 0.1) is 11.3 Å². The van der Waals surface area contributed by atoms with E-state index in [0.717, 1.165) is 29.3 Å². The predicted octanol–water partition coefficient (Wildman–Crippen LogP) is 4.51. The normalized spacial score (nSPS) is 14.5. The number of benzene rings is 1.